The lowest BCUT2D eigenvalue weighted by Gasteiger charge is -2.05. The van der Waals surface area contributed by atoms with E-state index in [2.05, 4.69) is 37.6 Å². The van der Waals surface area contributed by atoms with Crippen LogP contribution in [0.2, 0.25) is 0 Å². The third-order valence-corrected chi connectivity index (χ3v) is 5.16. The molecule has 0 bridgehead atoms. The normalized spacial score (nSPS) is 11.3. The lowest BCUT2D eigenvalue weighted by atomic mass is 10.4. The van der Waals surface area contributed by atoms with E-state index < -0.39 is 21.8 Å². The number of hydrazone groups is 1. The zero-order valence-corrected chi connectivity index (χ0v) is 16.9. The summed E-state index contributed by atoms with van der Waals surface area (Å²) in [5, 5.41) is 5.90. The van der Waals surface area contributed by atoms with Crippen LogP contribution in [0.3, 0.4) is 0 Å². The smallest absolute Gasteiger partial charge is 0.329 e. The van der Waals surface area contributed by atoms with Gasteiger partial charge < -0.3 is 9.73 Å². The highest BCUT2D eigenvalue weighted by Crippen LogP contribution is 2.15. The van der Waals surface area contributed by atoms with E-state index in [0.717, 1.165) is 4.47 Å². The maximum Gasteiger partial charge on any atom is 0.329 e. The number of hydrogen-bond donors (Lipinski definition) is 3. The molecule has 0 saturated heterocycles. The van der Waals surface area contributed by atoms with Crippen LogP contribution in [0.15, 0.2) is 67.9 Å². The number of amides is 2. The first kappa shape index (κ1) is 21.5. The molecule has 148 valence electrons. The number of hydrogen-bond acceptors (Lipinski definition) is 6. The molecule has 0 unspecified atom stereocenters. The maximum atomic E-state index is 12.2. The summed E-state index contributed by atoms with van der Waals surface area (Å²) in [5.41, 5.74) is 2.04. The molecule has 0 saturated carbocycles. The molecule has 28 heavy (non-hydrogen) atoms. The largest absolute Gasteiger partial charge is 0.459 e. The van der Waals surface area contributed by atoms with E-state index in [1.165, 1.54) is 30.5 Å². The lowest BCUT2D eigenvalue weighted by molar-refractivity contribution is -0.139. The van der Waals surface area contributed by atoms with Crippen LogP contribution in [0.25, 0.3) is 0 Å². The second-order valence-electron chi connectivity index (χ2n) is 5.28. The van der Waals surface area contributed by atoms with Gasteiger partial charge in [0.05, 0.1) is 17.7 Å². The Balaban J connectivity index is 1.88. The molecule has 2 rings (SSSR count). The molecule has 0 spiro atoms. The molecular weight excluding hydrogens is 452 g/mol. The standard InChI is InChI=1S/C17H17BrN4O5S/c1-2-9-19-16(23)17(24)22-20-10-13-5-6-14(27-13)11-21-28(25,26)15-7-3-12(18)4-8-15/h2-8,10,21H,1,9,11H2,(H,19,23)(H,22,24)/b20-10+. The summed E-state index contributed by atoms with van der Waals surface area (Å²) in [7, 11) is -3.68. The van der Waals surface area contributed by atoms with E-state index in [4.69, 9.17) is 4.42 Å². The van der Waals surface area contributed by atoms with Gasteiger partial charge in [0.15, 0.2) is 0 Å². The van der Waals surface area contributed by atoms with Crippen LogP contribution in [0.1, 0.15) is 11.5 Å². The molecule has 2 amide bonds. The predicted octanol–water partition coefficient (Wildman–Crippen LogP) is 1.27. The first-order valence-corrected chi connectivity index (χ1v) is 10.2. The van der Waals surface area contributed by atoms with Crippen molar-refractivity contribution in [3.05, 3.63) is 65.0 Å². The lowest BCUT2D eigenvalue weighted by Crippen LogP contribution is -2.37. The Morgan fingerprint density at radius 3 is 2.54 bits per heavy atom. The zero-order chi connectivity index (χ0) is 20.6. The highest BCUT2D eigenvalue weighted by Gasteiger charge is 2.14. The molecule has 0 aliphatic carbocycles. The fourth-order valence-electron chi connectivity index (χ4n) is 1.87. The molecular formula is C17H17BrN4O5S. The van der Waals surface area contributed by atoms with Gasteiger partial charge in [0.25, 0.3) is 0 Å². The van der Waals surface area contributed by atoms with Crippen molar-refractivity contribution in [2.75, 3.05) is 6.54 Å². The highest BCUT2D eigenvalue weighted by molar-refractivity contribution is 9.10. The Morgan fingerprint density at radius 2 is 1.86 bits per heavy atom. The predicted molar refractivity (Wildman–Crippen MR) is 106 cm³/mol. The van der Waals surface area contributed by atoms with Crippen LogP contribution < -0.4 is 15.5 Å². The Bertz CT molecular complexity index is 983. The van der Waals surface area contributed by atoms with Gasteiger partial charge in [-0.3, -0.25) is 9.59 Å². The van der Waals surface area contributed by atoms with Gasteiger partial charge in [-0.15, -0.1) is 6.58 Å². The number of nitrogens with zero attached hydrogens (tertiary/aromatic N) is 1. The van der Waals surface area contributed by atoms with Crippen molar-refractivity contribution in [2.24, 2.45) is 5.10 Å². The van der Waals surface area contributed by atoms with Crippen LogP contribution in [-0.4, -0.2) is 33.0 Å². The number of sulfonamides is 1. The third-order valence-electron chi connectivity index (χ3n) is 3.21. The molecule has 2 aromatic rings. The molecule has 0 fully saturated rings. The number of carbonyl (C=O) groups excluding carboxylic acids is 2. The molecule has 0 aliphatic rings. The van der Waals surface area contributed by atoms with Gasteiger partial charge >= 0.3 is 11.8 Å². The summed E-state index contributed by atoms with van der Waals surface area (Å²) in [6.07, 6.45) is 2.62. The quantitative estimate of drug-likeness (QED) is 0.232. The van der Waals surface area contributed by atoms with Crippen LogP contribution in [0, 0.1) is 0 Å². The number of halogens is 1. The first-order chi connectivity index (χ1) is 13.3. The van der Waals surface area contributed by atoms with Crippen molar-refractivity contribution in [1.29, 1.82) is 0 Å². The van der Waals surface area contributed by atoms with E-state index in [1.807, 2.05) is 5.43 Å². The SMILES string of the molecule is C=CCNC(=O)C(=O)N/N=C/c1ccc(CNS(=O)(=O)c2ccc(Br)cc2)o1. The molecule has 0 radical (unpaired) electrons. The van der Waals surface area contributed by atoms with Gasteiger partial charge in [-0.25, -0.2) is 18.6 Å². The van der Waals surface area contributed by atoms with E-state index in [1.54, 1.807) is 18.2 Å². The second-order valence-corrected chi connectivity index (χ2v) is 7.96. The van der Waals surface area contributed by atoms with Gasteiger partial charge in [0.1, 0.15) is 11.5 Å². The highest BCUT2D eigenvalue weighted by atomic mass is 79.9. The van der Waals surface area contributed by atoms with Gasteiger partial charge in [-0.2, -0.15) is 5.10 Å². The Labute approximate surface area is 170 Å². The zero-order valence-electron chi connectivity index (χ0n) is 14.5. The summed E-state index contributed by atoms with van der Waals surface area (Å²) in [6, 6.07) is 9.30. The molecule has 3 N–H and O–H groups in total. The minimum absolute atomic E-state index is 0.0669. The Morgan fingerprint density at radius 1 is 1.14 bits per heavy atom. The summed E-state index contributed by atoms with van der Waals surface area (Å²) in [4.78, 5) is 22.9. The minimum Gasteiger partial charge on any atom is -0.459 e. The van der Waals surface area contributed by atoms with E-state index in [-0.39, 0.29) is 23.7 Å². The summed E-state index contributed by atoms with van der Waals surface area (Å²) in [5.74, 6) is -1.17. The number of nitrogens with one attached hydrogen (secondary N) is 3. The van der Waals surface area contributed by atoms with Crippen molar-refractivity contribution >= 4 is 44.0 Å². The number of benzene rings is 1. The molecule has 0 atom stereocenters. The first-order valence-electron chi connectivity index (χ1n) is 7.88. The molecule has 9 nitrogen and oxygen atoms in total. The monoisotopic (exact) mass is 468 g/mol. The van der Waals surface area contributed by atoms with Gasteiger partial charge in [-0.05, 0) is 36.4 Å². The Hall–Kier alpha value is -2.76. The van der Waals surface area contributed by atoms with Crippen LogP contribution >= 0.6 is 15.9 Å². The molecule has 1 heterocycles. The van der Waals surface area contributed by atoms with E-state index in [0.29, 0.717) is 5.76 Å². The molecule has 1 aromatic heterocycles. The van der Waals surface area contributed by atoms with Gasteiger partial charge in [0, 0.05) is 11.0 Å². The minimum atomic E-state index is -3.68. The fraction of sp³-hybridized carbons (Fsp3) is 0.118. The van der Waals surface area contributed by atoms with E-state index >= 15 is 0 Å². The number of rotatable bonds is 8. The van der Waals surface area contributed by atoms with Gasteiger partial charge in [-0.1, -0.05) is 22.0 Å². The summed E-state index contributed by atoms with van der Waals surface area (Å²) >= 11 is 3.24. The number of furan rings is 1. The maximum absolute atomic E-state index is 12.2. The van der Waals surface area contributed by atoms with Crippen LogP contribution in [0.5, 0.6) is 0 Å². The van der Waals surface area contributed by atoms with Gasteiger partial charge in [0.2, 0.25) is 10.0 Å². The van der Waals surface area contributed by atoms with Crippen molar-refractivity contribution in [1.82, 2.24) is 15.5 Å². The van der Waals surface area contributed by atoms with Crippen LogP contribution in [-0.2, 0) is 26.2 Å². The van der Waals surface area contributed by atoms with E-state index in [9.17, 15) is 18.0 Å². The van der Waals surface area contributed by atoms with Crippen molar-refractivity contribution < 1.29 is 22.4 Å². The van der Waals surface area contributed by atoms with Crippen molar-refractivity contribution in [3.63, 3.8) is 0 Å². The molecule has 11 heteroatoms. The average Bonchev–Trinajstić information content (AvgIpc) is 3.12. The molecule has 0 aliphatic heterocycles. The molecule has 1 aromatic carbocycles. The summed E-state index contributed by atoms with van der Waals surface area (Å²) in [6.45, 7) is 3.51. The van der Waals surface area contributed by atoms with Crippen molar-refractivity contribution in [3.8, 4) is 0 Å². The average molecular weight is 469 g/mol. The second kappa shape index (κ2) is 9.97. The van der Waals surface area contributed by atoms with Crippen molar-refractivity contribution in [2.45, 2.75) is 11.4 Å². The fourth-order valence-corrected chi connectivity index (χ4v) is 3.13. The Kier molecular flexibility index (Phi) is 7.67. The topological polar surface area (TPSA) is 130 Å². The third kappa shape index (κ3) is 6.44. The summed E-state index contributed by atoms with van der Waals surface area (Å²) < 4.78 is 33.0. The number of carbonyl (C=O) groups is 2. The van der Waals surface area contributed by atoms with Crippen LogP contribution in [0.4, 0.5) is 0 Å².